The Balaban J connectivity index is 2.62. The number of methoxy groups -OCH3 is 2. The van der Waals surface area contributed by atoms with Gasteiger partial charge in [0.25, 0.3) is 15.7 Å². The summed E-state index contributed by atoms with van der Waals surface area (Å²) in [5, 5.41) is 11.0. The zero-order chi connectivity index (χ0) is 20.2. The standard InChI is InChI=1S/C16H15ClN2O7S/c1-25-12-4-6-13(7-5-12)27(23,24)18(10-16(20)26-2)15-9-11(19(21)22)3-8-14(15)17/h3-9H,10H2,1-2H3. The van der Waals surface area contributed by atoms with Crippen LogP contribution in [0, 0.1) is 10.1 Å². The van der Waals surface area contributed by atoms with Crippen molar-refractivity contribution in [3.05, 3.63) is 57.6 Å². The van der Waals surface area contributed by atoms with E-state index < -0.39 is 27.5 Å². The van der Waals surface area contributed by atoms with Crippen molar-refractivity contribution in [2.75, 3.05) is 25.1 Å². The van der Waals surface area contributed by atoms with Crippen LogP contribution in [0.4, 0.5) is 11.4 Å². The third-order valence-corrected chi connectivity index (χ3v) is 5.65. The second-order valence-corrected chi connectivity index (χ2v) is 7.43. The van der Waals surface area contributed by atoms with Crippen molar-refractivity contribution in [1.29, 1.82) is 0 Å². The molecule has 0 spiro atoms. The van der Waals surface area contributed by atoms with Gasteiger partial charge in [-0.1, -0.05) is 11.6 Å². The Kier molecular flexibility index (Phi) is 6.24. The molecule has 0 heterocycles. The lowest BCUT2D eigenvalue weighted by atomic mass is 10.3. The SMILES string of the molecule is COC(=O)CN(c1cc([N+](=O)[O-])ccc1Cl)S(=O)(=O)c1ccc(OC)cc1. The van der Waals surface area contributed by atoms with Crippen molar-refractivity contribution in [2.45, 2.75) is 4.90 Å². The summed E-state index contributed by atoms with van der Waals surface area (Å²) in [6, 6.07) is 8.71. The molecule has 0 N–H and O–H groups in total. The van der Waals surface area contributed by atoms with Gasteiger partial charge in [-0.05, 0) is 30.3 Å². The fourth-order valence-electron chi connectivity index (χ4n) is 2.16. The lowest BCUT2D eigenvalue weighted by molar-refractivity contribution is -0.384. The molecule has 0 aliphatic carbocycles. The Morgan fingerprint density at radius 1 is 1.19 bits per heavy atom. The van der Waals surface area contributed by atoms with Gasteiger partial charge in [0.1, 0.15) is 12.3 Å². The second kappa shape index (κ2) is 8.23. The molecule has 0 atom stereocenters. The van der Waals surface area contributed by atoms with Gasteiger partial charge in [-0.15, -0.1) is 0 Å². The monoisotopic (exact) mass is 414 g/mol. The van der Waals surface area contributed by atoms with Gasteiger partial charge >= 0.3 is 5.97 Å². The summed E-state index contributed by atoms with van der Waals surface area (Å²) >= 11 is 6.06. The highest BCUT2D eigenvalue weighted by molar-refractivity contribution is 7.92. The molecule has 0 radical (unpaired) electrons. The molecule has 144 valence electrons. The average Bonchev–Trinajstić information content (AvgIpc) is 2.66. The molecule has 2 aromatic rings. The average molecular weight is 415 g/mol. The maximum absolute atomic E-state index is 13.1. The minimum atomic E-state index is -4.28. The number of carbonyl (C=O) groups is 1. The minimum Gasteiger partial charge on any atom is -0.497 e. The summed E-state index contributed by atoms with van der Waals surface area (Å²) in [7, 11) is -1.76. The first-order chi connectivity index (χ1) is 12.7. The summed E-state index contributed by atoms with van der Waals surface area (Å²) in [6.45, 7) is -0.717. The number of hydrogen-bond donors (Lipinski definition) is 0. The molecule has 0 bridgehead atoms. The predicted octanol–water partition coefficient (Wildman–Crippen LogP) is 2.63. The van der Waals surface area contributed by atoms with Gasteiger partial charge in [0, 0.05) is 12.1 Å². The number of halogens is 1. The topological polar surface area (TPSA) is 116 Å². The first kappa shape index (κ1) is 20.5. The van der Waals surface area contributed by atoms with E-state index in [2.05, 4.69) is 4.74 Å². The zero-order valence-electron chi connectivity index (χ0n) is 14.3. The summed E-state index contributed by atoms with van der Waals surface area (Å²) in [5.41, 5.74) is -0.596. The number of non-ortho nitro benzene ring substituents is 1. The van der Waals surface area contributed by atoms with Crippen LogP contribution in [0.25, 0.3) is 0 Å². The quantitative estimate of drug-likeness (QED) is 0.388. The van der Waals surface area contributed by atoms with Crippen molar-refractivity contribution in [3.8, 4) is 5.75 Å². The smallest absolute Gasteiger partial charge is 0.326 e. The molecule has 0 aliphatic rings. The lowest BCUT2D eigenvalue weighted by Gasteiger charge is -2.24. The van der Waals surface area contributed by atoms with Gasteiger partial charge in [-0.25, -0.2) is 8.42 Å². The molecule has 0 unspecified atom stereocenters. The van der Waals surface area contributed by atoms with E-state index in [0.717, 1.165) is 19.2 Å². The number of benzene rings is 2. The van der Waals surface area contributed by atoms with Crippen molar-refractivity contribution in [3.63, 3.8) is 0 Å². The highest BCUT2D eigenvalue weighted by Crippen LogP contribution is 2.34. The molecular weight excluding hydrogens is 400 g/mol. The lowest BCUT2D eigenvalue weighted by Crippen LogP contribution is -2.36. The summed E-state index contributed by atoms with van der Waals surface area (Å²) in [4.78, 5) is 22.0. The molecule has 2 aromatic carbocycles. The fraction of sp³-hybridized carbons (Fsp3) is 0.188. The number of rotatable bonds is 7. The van der Waals surface area contributed by atoms with E-state index >= 15 is 0 Å². The van der Waals surface area contributed by atoms with Gasteiger partial charge < -0.3 is 9.47 Å². The molecule has 0 saturated heterocycles. The van der Waals surface area contributed by atoms with E-state index in [0.29, 0.717) is 10.1 Å². The van der Waals surface area contributed by atoms with Crippen molar-refractivity contribution >= 4 is 39.0 Å². The van der Waals surface area contributed by atoms with E-state index in [1.54, 1.807) is 0 Å². The number of nitro groups is 1. The number of esters is 1. The van der Waals surface area contributed by atoms with Crippen molar-refractivity contribution in [2.24, 2.45) is 0 Å². The highest BCUT2D eigenvalue weighted by atomic mass is 35.5. The maximum atomic E-state index is 13.1. The Labute approximate surface area is 160 Å². The van der Waals surface area contributed by atoms with Crippen molar-refractivity contribution in [1.82, 2.24) is 0 Å². The van der Waals surface area contributed by atoms with E-state index in [1.807, 2.05) is 0 Å². The van der Waals surface area contributed by atoms with Gasteiger partial charge in [0.2, 0.25) is 0 Å². The van der Waals surface area contributed by atoms with Gasteiger partial charge in [-0.2, -0.15) is 0 Å². The number of sulfonamides is 1. The van der Waals surface area contributed by atoms with Crippen LogP contribution in [-0.4, -0.2) is 40.1 Å². The minimum absolute atomic E-state index is 0.0819. The molecule has 0 saturated carbocycles. The number of anilines is 1. The number of ether oxygens (including phenoxy) is 2. The van der Waals surface area contributed by atoms with Crippen LogP contribution in [0.3, 0.4) is 0 Å². The Hall–Kier alpha value is -2.85. The van der Waals surface area contributed by atoms with E-state index in [9.17, 15) is 23.3 Å². The maximum Gasteiger partial charge on any atom is 0.326 e. The molecule has 0 fully saturated rings. The van der Waals surface area contributed by atoms with Crippen LogP contribution < -0.4 is 9.04 Å². The molecule has 0 amide bonds. The molecule has 2 rings (SSSR count). The van der Waals surface area contributed by atoms with Crippen molar-refractivity contribution < 1.29 is 27.6 Å². The van der Waals surface area contributed by atoms with Gasteiger partial charge in [0.05, 0.1) is 34.7 Å². The Morgan fingerprint density at radius 3 is 2.33 bits per heavy atom. The Bertz CT molecular complexity index is 961. The second-order valence-electron chi connectivity index (χ2n) is 5.16. The number of carbonyl (C=O) groups excluding carboxylic acids is 1. The van der Waals surface area contributed by atoms with Crippen LogP contribution in [0.15, 0.2) is 47.4 Å². The fourth-order valence-corrected chi connectivity index (χ4v) is 3.85. The van der Waals surface area contributed by atoms with Crippen LogP contribution in [0.2, 0.25) is 5.02 Å². The van der Waals surface area contributed by atoms with Crippen LogP contribution in [-0.2, 0) is 19.6 Å². The largest absolute Gasteiger partial charge is 0.497 e. The molecule has 0 aromatic heterocycles. The number of nitrogens with zero attached hydrogens (tertiary/aromatic N) is 2. The Morgan fingerprint density at radius 2 is 1.81 bits per heavy atom. The molecule has 11 heteroatoms. The van der Waals surface area contributed by atoms with E-state index in [-0.39, 0.29) is 21.3 Å². The highest BCUT2D eigenvalue weighted by Gasteiger charge is 2.30. The predicted molar refractivity (Wildman–Crippen MR) is 97.6 cm³/mol. The zero-order valence-corrected chi connectivity index (χ0v) is 15.9. The molecule has 27 heavy (non-hydrogen) atoms. The van der Waals surface area contributed by atoms with Crippen LogP contribution in [0.1, 0.15) is 0 Å². The third-order valence-electron chi connectivity index (χ3n) is 3.56. The molecular formula is C16H15ClN2O7S. The van der Waals surface area contributed by atoms with Gasteiger partial charge in [-0.3, -0.25) is 19.2 Å². The van der Waals surface area contributed by atoms with E-state index in [4.69, 9.17) is 16.3 Å². The summed E-state index contributed by atoms with van der Waals surface area (Å²) < 4.78 is 36.3. The summed E-state index contributed by atoms with van der Waals surface area (Å²) in [5.74, 6) is -0.434. The van der Waals surface area contributed by atoms with E-state index in [1.165, 1.54) is 37.4 Å². The number of hydrogen-bond acceptors (Lipinski definition) is 7. The third kappa shape index (κ3) is 4.47. The number of nitro benzene ring substituents is 1. The molecule has 0 aliphatic heterocycles. The van der Waals surface area contributed by atoms with Gasteiger partial charge in [0.15, 0.2) is 0 Å². The first-order valence-electron chi connectivity index (χ1n) is 7.38. The normalized spacial score (nSPS) is 10.9. The molecule has 9 nitrogen and oxygen atoms in total. The summed E-state index contributed by atoms with van der Waals surface area (Å²) in [6.07, 6.45) is 0. The van der Waals surface area contributed by atoms with Crippen LogP contribution in [0.5, 0.6) is 5.75 Å². The first-order valence-corrected chi connectivity index (χ1v) is 9.20. The van der Waals surface area contributed by atoms with Crippen LogP contribution >= 0.6 is 11.6 Å².